The summed E-state index contributed by atoms with van der Waals surface area (Å²) in [5, 5.41) is 1.09. The zero-order valence-corrected chi connectivity index (χ0v) is 6.79. The first-order chi connectivity index (χ1) is 5.81. The van der Waals surface area contributed by atoms with Crippen LogP contribution in [0.3, 0.4) is 0 Å². The second-order valence-electron chi connectivity index (χ2n) is 2.88. The van der Waals surface area contributed by atoms with Crippen molar-refractivity contribution in [2.45, 2.75) is 6.92 Å². The van der Waals surface area contributed by atoms with Crippen LogP contribution in [-0.2, 0) is 0 Å². The summed E-state index contributed by atoms with van der Waals surface area (Å²) in [6.07, 6.45) is 0.873. The van der Waals surface area contributed by atoms with E-state index in [1.165, 1.54) is 0 Å². The van der Waals surface area contributed by atoms with Crippen molar-refractivity contribution >= 4 is 17.2 Å². The van der Waals surface area contributed by atoms with Gasteiger partial charge in [-0.2, -0.15) is 0 Å². The Morgan fingerprint density at radius 2 is 2.25 bits per heavy atom. The minimum atomic E-state index is 0.723. The van der Waals surface area contributed by atoms with Crippen molar-refractivity contribution in [3.05, 3.63) is 35.5 Å². The topological polar surface area (TPSA) is 32.9 Å². The fourth-order valence-corrected chi connectivity index (χ4v) is 1.42. The van der Waals surface area contributed by atoms with Crippen LogP contribution in [-0.4, -0.2) is 11.3 Å². The van der Waals surface area contributed by atoms with E-state index < -0.39 is 0 Å². The van der Waals surface area contributed by atoms with Gasteiger partial charge in [-0.05, 0) is 19.1 Å². The third kappa shape index (κ3) is 0.925. The summed E-state index contributed by atoms with van der Waals surface area (Å²) in [4.78, 5) is 13.8. The van der Waals surface area contributed by atoms with E-state index >= 15 is 0 Å². The normalized spacial score (nSPS) is 10.4. The molecule has 0 fully saturated rings. The maximum Gasteiger partial charge on any atom is 0.152 e. The fraction of sp³-hybridized carbons (Fsp3) is 0.100. The van der Waals surface area contributed by atoms with Crippen LogP contribution in [0.1, 0.15) is 16.1 Å². The molecule has 0 unspecified atom stereocenters. The summed E-state index contributed by atoms with van der Waals surface area (Å²) < 4.78 is 0. The molecule has 2 aromatic rings. The first-order valence-electron chi connectivity index (χ1n) is 3.85. The Hall–Kier alpha value is -1.57. The molecule has 0 atom stereocenters. The molecule has 2 nitrogen and oxygen atoms in total. The molecule has 0 amide bonds. The zero-order valence-electron chi connectivity index (χ0n) is 6.79. The number of para-hydroxylation sites is 1. The largest absolute Gasteiger partial charge is 0.358 e. The van der Waals surface area contributed by atoms with Crippen LogP contribution in [0, 0.1) is 6.92 Å². The van der Waals surface area contributed by atoms with Crippen LogP contribution < -0.4 is 0 Å². The predicted octanol–water partition coefficient (Wildman–Crippen LogP) is 2.29. The van der Waals surface area contributed by atoms with E-state index in [2.05, 4.69) is 4.98 Å². The van der Waals surface area contributed by atoms with Gasteiger partial charge in [-0.25, -0.2) is 0 Å². The average Bonchev–Trinajstić information content (AvgIpc) is 2.44. The molecular formula is C10H9NO. The van der Waals surface area contributed by atoms with Gasteiger partial charge in [0.05, 0.1) is 5.52 Å². The number of H-pyrrole nitrogens is 1. The van der Waals surface area contributed by atoms with E-state index in [4.69, 9.17) is 0 Å². The zero-order chi connectivity index (χ0) is 8.55. The van der Waals surface area contributed by atoms with Gasteiger partial charge < -0.3 is 4.98 Å². The molecule has 1 heterocycles. The Morgan fingerprint density at radius 3 is 3.00 bits per heavy atom. The molecule has 1 aromatic heterocycles. The second kappa shape index (κ2) is 2.48. The Balaban J connectivity index is 2.86. The second-order valence-corrected chi connectivity index (χ2v) is 2.88. The Labute approximate surface area is 70.2 Å². The van der Waals surface area contributed by atoms with Crippen LogP contribution in [0.15, 0.2) is 24.3 Å². The molecule has 60 valence electrons. The van der Waals surface area contributed by atoms with Crippen molar-refractivity contribution < 1.29 is 4.79 Å². The molecule has 1 aromatic carbocycles. The average molecular weight is 159 g/mol. The Bertz CT molecular complexity index is 428. The SMILES string of the molecule is Cc1cc2cccc(C=O)c2[nH]1. The maximum absolute atomic E-state index is 10.6. The van der Waals surface area contributed by atoms with Crippen LogP contribution in [0.2, 0.25) is 0 Å². The molecule has 0 aliphatic rings. The van der Waals surface area contributed by atoms with E-state index in [1.54, 1.807) is 0 Å². The number of aromatic nitrogens is 1. The first kappa shape index (κ1) is 7.10. The van der Waals surface area contributed by atoms with Gasteiger partial charge in [0, 0.05) is 16.6 Å². The number of hydrogen-bond donors (Lipinski definition) is 1. The number of aromatic amines is 1. The number of aldehydes is 1. The maximum atomic E-state index is 10.6. The molecule has 0 radical (unpaired) electrons. The Kier molecular flexibility index (Phi) is 1.47. The molecule has 2 rings (SSSR count). The van der Waals surface area contributed by atoms with Crippen molar-refractivity contribution in [1.29, 1.82) is 0 Å². The van der Waals surface area contributed by atoms with Gasteiger partial charge >= 0.3 is 0 Å². The first-order valence-corrected chi connectivity index (χ1v) is 3.85. The smallest absolute Gasteiger partial charge is 0.152 e. The minimum absolute atomic E-state index is 0.723. The number of aryl methyl sites for hydroxylation is 1. The van der Waals surface area contributed by atoms with Crippen LogP contribution in [0.5, 0.6) is 0 Å². The van der Waals surface area contributed by atoms with Gasteiger partial charge in [-0.1, -0.05) is 12.1 Å². The highest BCUT2D eigenvalue weighted by molar-refractivity contribution is 5.96. The van der Waals surface area contributed by atoms with Crippen LogP contribution in [0.4, 0.5) is 0 Å². The summed E-state index contributed by atoms with van der Waals surface area (Å²) in [5.41, 5.74) is 2.74. The van der Waals surface area contributed by atoms with Crippen LogP contribution >= 0.6 is 0 Å². The number of fused-ring (bicyclic) bond motifs is 1. The lowest BCUT2D eigenvalue weighted by Gasteiger charge is -1.91. The quantitative estimate of drug-likeness (QED) is 0.636. The van der Waals surface area contributed by atoms with Gasteiger partial charge in [0.15, 0.2) is 6.29 Å². The predicted molar refractivity (Wildman–Crippen MR) is 48.4 cm³/mol. The van der Waals surface area contributed by atoms with E-state index in [1.807, 2.05) is 31.2 Å². The number of hydrogen-bond acceptors (Lipinski definition) is 1. The summed E-state index contributed by atoms with van der Waals surface area (Å²) in [7, 11) is 0. The van der Waals surface area contributed by atoms with Gasteiger partial charge in [-0.15, -0.1) is 0 Å². The molecule has 0 spiro atoms. The van der Waals surface area contributed by atoms with Crippen molar-refractivity contribution in [3.63, 3.8) is 0 Å². The molecule has 0 saturated heterocycles. The van der Waals surface area contributed by atoms with E-state index in [0.717, 1.165) is 28.4 Å². The minimum Gasteiger partial charge on any atom is -0.358 e. The van der Waals surface area contributed by atoms with Crippen molar-refractivity contribution in [2.24, 2.45) is 0 Å². The summed E-state index contributed by atoms with van der Waals surface area (Å²) in [6, 6.07) is 7.72. The van der Waals surface area contributed by atoms with Gasteiger partial charge in [0.2, 0.25) is 0 Å². The third-order valence-electron chi connectivity index (χ3n) is 1.95. The van der Waals surface area contributed by atoms with Gasteiger partial charge in [0.1, 0.15) is 0 Å². The van der Waals surface area contributed by atoms with Crippen molar-refractivity contribution in [1.82, 2.24) is 4.98 Å². The van der Waals surface area contributed by atoms with Gasteiger partial charge in [-0.3, -0.25) is 4.79 Å². The Morgan fingerprint density at radius 1 is 1.42 bits per heavy atom. The third-order valence-corrected chi connectivity index (χ3v) is 1.95. The lowest BCUT2D eigenvalue weighted by atomic mass is 10.2. The van der Waals surface area contributed by atoms with Crippen molar-refractivity contribution in [3.8, 4) is 0 Å². The number of benzene rings is 1. The van der Waals surface area contributed by atoms with Gasteiger partial charge in [0.25, 0.3) is 0 Å². The number of carbonyl (C=O) groups is 1. The lowest BCUT2D eigenvalue weighted by Crippen LogP contribution is -1.80. The number of rotatable bonds is 1. The number of carbonyl (C=O) groups excluding carboxylic acids is 1. The summed E-state index contributed by atoms with van der Waals surface area (Å²) >= 11 is 0. The highest BCUT2D eigenvalue weighted by atomic mass is 16.1. The molecule has 12 heavy (non-hydrogen) atoms. The molecule has 0 saturated carbocycles. The highest BCUT2D eigenvalue weighted by Crippen LogP contribution is 2.17. The van der Waals surface area contributed by atoms with E-state index in [0.29, 0.717) is 0 Å². The van der Waals surface area contributed by atoms with E-state index in [-0.39, 0.29) is 0 Å². The summed E-state index contributed by atoms with van der Waals surface area (Å²) in [6.45, 7) is 1.98. The highest BCUT2D eigenvalue weighted by Gasteiger charge is 2.00. The van der Waals surface area contributed by atoms with Crippen LogP contribution in [0.25, 0.3) is 10.9 Å². The molecule has 0 aliphatic heterocycles. The molecule has 0 bridgehead atoms. The number of nitrogens with one attached hydrogen (secondary N) is 1. The summed E-state index contributed by atoms with van der Waals surface area (Å²) in [5.74, 6) is 0. The molecular weight excluding hydrogens is 150 g/mol. The lowest BCUT2D eigenvalue weighted by molar-refractivity contribution is 0.112. The van der Waals surface area contributed by atoms with E-state index in [9.17, 15) is 4.79 Å². The monoisotopic (exact) mass is 159 g/mol. The molecule has 1 N–H and O–H groups in total. The molecule has 2 heteroatoms. The molecule has 0 aliphatic carbocycles. The van der Waals surface area contributed by atoms with Crippen molar-refractivity contribution in [2.75, 3.05) is 0 Å². The fourth-order valence-electron chi connectivity index (χ4n) is 1.42. The standard InChI is InChI=1S/C10H9NO/c1-7-5-8-3-2-4-9(6-12)10(8)11-7/h2-6,11H,1H3.